The molecule has 0 heterocycles. The van der Waals surface area contributed by atoms with Crippen LogP contribution in [0.2, 0.25) is 0 Å². The summed E-state index contributed by atoms with van der Waals surface area (Å²) < 4.78 is 0. The van der Waals surface area contributed by atoms with Crippen molar-refractivity contribution in [1.29, 1.82) is 0 Å². The molecule has 0 aliphatic carbocycles. The van der Waals surface area contributed by atoms with Crippen LogP contribution >= 0.6 is 0 Å². The molecule has 0 aliphatic rings. The topological polar surface area (TPSA) is 0 Å². The molecule has 0 saturated carbocycles. The summed E-state index contributed by atoms with van der Waals surface area (Å²) in [7, 11) is 0. The Kier molecular flexibility index (Phi) is 4260. The van der Waals surface area contributed by atoms with Crippen molar-refractivity contribution in [3.05, 3.63) is 0 Å². The van der Waals surface area contributed by atoms with Gasteiger partial charge in [0.15, 0.2) is 0 Å². The molecular formula is F7LiYYb. The molecule has 0 unspecified atom stereocenters. The van der Waals surface area contributed by atoms with Gasteiger partial charge in [0, 0.05) is 0 Å². The van der Waals surface area contributed by atoms with E-state index in [4.69, 9.17) is 0 Å². The number of hydrogen-bond acceptors (Lipinski definition) is 0. The van der Waals surface area contributed by atoms with Crippen LogP contribution in [0.5, 0.6) is 0 Å². The van der Waals surface area contributed by atoms with Crippen LogP contribution in [0.25, 0.3) is 0 Å². The quantitative estimate of drug-likeness (QED) is 0.279. The van der Waals surface area contributed by atoms with Crippen LogP contribution in [0, 0.1) is 46.9 Å². The fourth-order valence-corrected chi connectivity index (χ4v) is 0. The third kappa shape index (κ3) is 136. The van der Waals surface area contributed by atoms with E-state index in [1.54, 1.807) is 0 Å². The third-order valence-corrected chi connectivity index (χ3v) is 0. The predicted octanol–water partition coefficient (Wildman–Crippen LogP) is -24.0. The summed E-state index contributed by atoms with van der Waals surface area (Å²) in [5, 5.41) is 0. The van der Waals surface area contributed by atoms with Gasteiger partial charge >= 0.3 is 98.5 Å². The van der Waals surface area contributed by atoms with Crippen molar-refractivity contribution < 1.29 is 131 Å². The monoisotopic (exact) mass is 403 g/mol. The minimum absolute atomic E-state index is 0. The van der Waals surface area contributed by atoms with Crippen LogP contribution in [-0.4, -0.2) is 0 Å². The Morgan fingerprint density at radius 3 is 0.400 bits per heavy atom. The Bertz CT molecular complexity index is 13.6. The maximum Gasteiger partial charge on any atom is 3.00 e. The Hall–Kier alpha value is 2.73. The molecular weight excluding hydrogens is 402 g/mol. The number of halogens is 7. The first-order valence-electron chi connectivity index (χ1n) is 0. The molecule has 0 amide bonds. The van der Waals surface area contributed by atoms with Gasteiger partial charge in [0.25, 0.3) is 0 Å². The van der Waals surface area contributed by atoms with Crippen molar-refractivity contribution in [3.63, 3.8) is 0 Å². The molecule has 10 heteroatoms. The molecule has 0 rings (SSSR count). The normalized spacial score (nSPS) is 0. The van der Waals surface area contributed by atoms with Gasteiger partial charge < -0.3 is 32.9 Å². The summed E-state index contributed by atoms with van der Waals surface area (Å²) in [5.74, 6) is 0. The smallest absolute Gasteiger partial charge is 1.00 e. The molecule has 0 aliphatic heterocycles. The summed E-state index contributed by atoms with van der Waals surface area (Å²) >= 11 is 0. The Balaban J connectivity index is 0. The van der Waals surface area contributed by atoms with E-state index in [1.165, 1.54) is 0 Å². The zero-order valence-electron chi connectivity index (χ0n) is 4.49. The van der Waals surface area contributed by atoms with Gasteiger partial charge in [-0.15, -0.1) is 0 Å². The fourth-order valence-electron chi connectivity index (χ4n) is 0. The predicted molar refractivity (Wildman–Crippen MR) is 0 cm³/mol. The summed E-state index contributed by atoms with van der Waals surface area (Å²) in [5.41, 5.74) is 0. The van der Waals surface area contributed by atoms with E-state index in [0.29, 0.717) is 0 Å². The molecule has 0 aromatic rings. The molecule has 67 valence electrons. The molecule has 10 heavy (non-hydrogen) atoms. The average molecular weight is 402 g/mol. The maximum absolute atomic E-state index is 0. The fraction of sp³-hybridized carbons (Fsp3) is 0. The van der Waals surface area contributed by atoms with Gasteiger partial charge in [-0.05, 0) is 0 Å². The molecule has 0 N–H and O–H groups in total. The van der Waals surface area contributed by atoms with Gasteiger partial charge in [-0.3, -0.25) is 0 Å². The number of rotatable bonds is 0. The standard InChI is InChI=1S/7FH.Li.Y.Yb/h7*1H;;;/q;;;;;;;+1;2*+3/p-7. The first kappa shape index (κ1) is 235. The van der Waals surface area contributed by atoms with Gasteiger partial charge in [0.1, 0.15) is 0 Å². The molecule has 1 radical (unpaired) electrons. The molecule has 0 fully saturated rings. The van der Waals surface area contributed by atoms with E-state index in [-0.39, 0.29) is 131 Å². The van der Waals surface area contributed by atoms with E-state index < -0.39 is 0 Å². The van der Waals surface area contributed by atoms with E-state index in [2.05, 4.69) is 0 Å². The summed E-state index contributed by atoms with van der Waals surface area (Å²) in [6.45, 7) is 0. The van der Waals surface area contributed by atoms with Crippen molar-refractivity contribution in [1.82, 2.24) is 0 Å². The zero-order valence-corrected chi connectivity index (χ0v) is 9.04. The first-order chi connectivity index (χ1) is 0. The second kappa shape index (κ2) is 181. The maximum atomic E-state index is 0. The van der Waals surface area contributed by atoms with Gasteiger partial charge in [0.2, 0.25) is 0 Å². The zero-order chi connectivity index (χ0) is 0. The van der Waals surface area contributed by atoms with Crippen LogP contribution < -0.4 is 51.8 Å². The minimum atomic E-state index is 0. The second-order valence-electron chi connectivity index (χ2n) is 0. The van der Waals surface area contributed by atoms with Crippen LogP contribution in [0.3, 0.4) is 0 Å². The van der Waals surface area contributed by atoms with Crippen LogP contribution in [0.1, 0.15) is 0 Å². The van der Waals surface area contributed by atoms with Gasteiger partial charge in [-0.1, -0.05) is 0 Å². The van der Waals surface area contributed by atoms with Crippen molar-refractivity contribution in [2.24, 2.45) is 0 Å². The third-order valence-electron chi connectivity index (χ3n) is 0. The van der Waals surface area contributed by atoms with E-state index >= 15 is 0 Å². The molecule has 0 spiro atoms. The van der Waals surface area contributed by atoms with Gasteiger partial charge in [-0.25, -0.2) is 0 Å². The SMILES string of the molecule is [F-].[F-].[F-].[F-].[F-].[F-].[F-].[Li+].[Y+3].[Yb+3]. The van der Waals surface area contributed by atoms with E-state index in [9.17, 15) is 0 Å². The average Bonchev–Trinajstić information content (AvgIpc) is 0. The van der Waals surface area contributed by atoms with Crippen molar-refractivity contribution in [2.75, 3.05) is 0 Å². The van der Waals surface area contributed by atoms with Crippen molar-refractivity contribution >= 4 is 0 Å². The largest absolute Gasteiger partial charge is 3.00 e. The summed E-state index contributed by atoms with van der Waals surface area (Å²) in [6, 6.07) is 0. The number of hydrogen-bond donors (Lipinski definition) is 0. The molecule has 0 bridgehead atoms. The van der Waals surface area contributed by atoms with E-state index in [0.717, 1.165) is 0 Å². The minimum Gasteiger partial charge on any atom is -1.00 e. The Morgan fingerprint density at radius 1 is 0.400 bits per heavy atom. The van der Waals surface area contributed by atoms with E-state index in [1.807, 2.05) is 0 Å². The second-order valence-corrected chi connectivity index (χ2v) is 0. The van der Waals surface area contributed by atoms with Crippen molar-refractivity contribution in [3.8, 4) is 0 Å². The molecule has 0 saturated heterocycles. The summed E-state index contributed by atoms with van der Waals surface area (Å²) in [4.78, 5) is 0. The molecule has 0 atom stereocenters. The van der Waals surface area contributed by atoms with Crippen LogP contribution in [-0.2, 0) is 32.7 Å². The summed E-state index contributed by atoms with van der Waals surface area (Å²) in [6.07, 6.45) is 0. The van der Waals surface area contributed by atoms with Crippen LogP contribution in [0.15, 0.2) is 0 Å². The molecule has 0 aromatic heterocycles. The Labute approximate surface area is 129 Å². The van der Waals surface area contributed by atoms with Crippen molar-refractivity contribution in [2.45, 2.75) is 0 Å². The molecule has 0 nitrogen and oxygen atoms in total. The Morgan fingerprint density at radius 2 is 0.400 bits per heavy atom. The molecule has 0 aromatic carbocycles. The van der Waals surface area contributed by atoms with Crippen LogP contribution in [0.4, 0.5) is 0 Å². The first-order valence-corrected chi connectivity index (χ1v) is 0. The van der Waals surface area contributed by atoms with Gasteiger partial charge in [-0.2, -0.15) is 0 Å². The van der Waals surface area contributed by atoms with Gasteiger partial charge in [0.05, 0.1) is 0 Å².